The number of fused-ring (bicyclic) bond motifs is 1. The molecule has 0 fully saturated rings. The van der Waals surface area contributed by atoms with Crippen LogP contribution < -0.4 is 0 Å². The topological polar surface area (TPSA) is 56.5 Å². The molecule has 12 heavy (non-hydrogen) atoms. The van der Waals surface area contributed by atoms with E-state index in [0.29, 0.717) is 11.2 Å². The minimum Gasteiger partial charge on any atom is -0.242 e. The number of hydrogen-bond donors (Lipinski definition) is 0. The third-order valence-electron chi connectivity index (χ3n) is 1.48. The van der Waals surface area contributed by atoms with Crippen molar-refractivity contribution in [3.63, 3.8) is 0 Å². The predicted molar refractivity (Wildman–Crippen MR) is 44.1 cm³/mol. The molecule has 5 nitrogen and oxygen atoms in total. The van der Waals surface area contributed by atoms with E-state index in [9.17, 15) is 0 Å². The second-order valence-electron chi connectivity index (χ2n) is 2.47. The lowest BCUT2D eigenvalue weighted by Crippen LogP contribution is -1.95. The SMILES string of the molecule is C=C(C)n1nnc2cncnc21. The molecule has 60 valence electrons. The fourth-order valence-corrected chi connectivity index (χ4v) is 0.942. The van der Waals surface area contributed by atoms with E-state index in [1.54, 1.807) is 10.9 Å². The first-order valence-electron chi connectivity index (χ1n) is 3.46. The average Bonchev–Trinajstić information content (AvgIpc) is 2.47. The third kappa shape index (κ3) is 0.868. The Morgan fingerprint density at radius 2 is 2.42 bits per heavy atom. The van der Waals surface area contributed by atoms with Crippen LogP contribution in [-0.2, 0) is 0 Å². The second kappa shape index (κ2) is 2.37. The molecule has 0 amide bonds. The molecule has 0 aliphatic carbocycles. The van der Waals surface area contributed by atoms with Gasteiger partial charge >= 0.3 is 0 Å². The highest BCUT2D eigenvalue weighted by molar-refractivity contribution is 5.71. The van der Waals surface area contributed by atoms with Crippen LogP contribution in [0.15, 0.2) is 19.1 Å². The summed E-state index contributed by atoms with van der Waals surface area (Å²) in [5.74, 6) is 0. The molecule has 0 saturated carbocycles. The van der Waals surface area contributed by atoms with Crippen molar-refractivity contribution in [2.24, 2.45) is 0 Å². The van der Waals surface area contributed by atoms with Gasteiger partial charge in [0.15, 0.2) is 11.2 Å². The van der Waals surface area contributed by atoms with Crippen LogP contribution in [0.25, 0.3) is 16.9 Å². The molecule has 0 aromatic carbocycles. The van der Waals surface area contributed by atoms with Crippen molar-refractivity contribution >= 4 is 16.9 Å². The minimum atomic E-state index is 0.681. The van der Waals surface area contributed by atoms with Gasteiger partial charge in [-0.1, -0.05) is 11.8 Å². The summed E-state index contributed by atoms with van der Waals surface area (Å²) in [5, 5.41) is 7.73. The van der Waals surface area contributed by atoms with E-state index < -0.39 is 0 Å². The zero-order valence-electron chi connectivity index (χ0n) is 6.60. The van der Waals surface area contributed by atoms with Gasteiger partial charge in [0, 0.05) is 5.70 Å². The lowest BCUT2D eigenvalue weighted by atomic mass is 10.5. The van der Waals surface area contributed by atoms with Crippen molar-refractivity contribution in [2.75, 3.05) is 0 Å². The molecule has 2 heterocycles. The van der Waals surface area contributed by atoms with Crippen LogP contribution in [0.3, 0.4) is 0 Å². The Morgan fingerprint density at radius 1 is 1.58 bits per heavy atom. The maximum Gasteiger partial charge on any atom is 0.186 e. The van der Waals surface area contributed by atoms with Crippen molar-refractivity contribution in [1.29, 1.82) is 0 Å². The van der Waals surface area contributed by atoms with Gasteiger partial charge in [0.25, 0.3) is 0 Å². The molecule has 0 unspecified atom stereocenters. The largest absolute Gasteiger partial charge is 0.242 e. The van der Waals surface area contributed by atoms with Gasteiger partial charge in [0.2, 0.25) is 0 Å². The lowest BCUT2D eigenvalue weighted by molar-refractivity contribution is 0.830. The third-order valence-corrected chi connectivity index (χ3v) is 1.48. The molecule has 2 aromatic rings. The maximum atomic E-state index is 4.03. The fourth-order valence-electron chi connectivity index (χ4n) is 0.942. The smallest absolute Gasteiger partial charge is 0.186 e. The van der Waals surface area contributed by atoms with Gasteiger partial charge in [-0.15, -0.1) is 5.10 Å². The Labute approximate surface area is 68.8 Å². The van der Waals surface area contributed by atoms with Gasteiger partial charge < -0.3 is 0 Å². The number of aromatic nitrogens is 5. The average molecular weight is 161 g/mol. The molecule has 0 spiro atoms. The van der Waals surface area contributed by atoms with Crippen LogP contribution >= 0.6 is 0 Å². The highest BCUT2D eigenvalue weighted by atomic mass is 15.4. The van der Waals surface area contributed by atoms with Crippen LogP contribution in [-0.4, -0.2) is 25.0 Å². The van der Waals surface area contributed by atoms with E-state index in [-0.39, 0.29) is 0 Å². The molecule has 0 aliphatic heterocycles. The van der Waals surface area contributed by atoms with Crippen LogP contribution in [0.5, 0.6) is 0 Å². The molecular weight excluding hydrogens is 154 g/mol. The van der Waals surface area contributed by atoms with Crippen LogP contribution in [0.4, 0.5) is 0 Å². The van der Waals surface area contributed by atoms with E-state index >= 15 is 0 Å². The van der Waals surface area contributed by atoms with Crippen molar-refractivity contribution in [3.05, 3.63) is 19.1 Å². The monoisotopic (exact) mass is 161 g/mol. The maximum absolute atomic E-state index is 4.03. The number of hydrogen-bond acceptors (Lipinski definition) is 4. The minimum absolute atomic E-state index is 0.681. The zero-order chi connectivity index (χ0) is 8.55. The van der Waals surface area contributed by atoms with E-state index in [2.05, 4.69) is 26.9 Å². The van der Waals surface area contributed by atoms with Gasteiger partial charge in [0.1, 0.15) is 6.33 Å². The molecular formula is C7H7N5. The Hall–Kier alpha value is -1.78. The van der Waals surface area contributed by atoms with Crippen molar-refractivity contribution in [3.8, 4) is 0 Å². The second-order valence-corrected chi connectivity index (χ2v) is 2.47. The number of rotatable bonds is 1. The summed E-state index contributed by atoms with van der Waals surface area (Å²) >= 11 is 0. The normalized spacial score (nSPS) is 10.4. The van der Waals surface area contributed by atoms with Gasteiger partial charge in [-0.3, -0.25) is 0 Å². The summed E-state index contributed by atoms with van der Waals surface area (Å²) in [4.78, 5) is 7.86. The molecule has 0 bridgehead atoms. The summed E-state index contributed by atoms with van der Waals surface area (Å²) in [6, 6.07) is 0. The molecule has 2 rings (SSSR count). The van der Waals surface area contributed by atoms with Gasteiger partial charge in [-0.25, -0.2) is 9.97 Å². The molecule has 0 aliphatic rings. The highest BCUT2D eigenvalue weighted by Gasteiger charge is 2.04. The molecule has 2 aromatic heterocycles. The summed E-state index contributed by atoms with van der Waals surface area (Å²) in [5.41, 5.74) is 2.16. The van der Waals surface area contributed by atoms with Crippen molar-refractivity contribution in [1.82, 2.24) is 25.0 Å². The van der Waals surface area contributed by atoms with E-state index in [4.69, 9.17) is 0 Å². The van der Waals surface area contributed by atoms with Crippen LogP contribution in [0.2, 0.25) is 0 Å². The Balaban J connectivity index is 2.79. The van der Waals surface area contributed by atoms with Crippen LogP contribution in [0, 0.1) is 0 Å². The summed E-state index contributed by atoms with van der Waals surface area (Å²) in [6.07, 6.45) is 3.08. The first-order valence-corrected chi connectivity index (χ1v) is 3.46. The van der Waals surface area contributed by atoms with E-state index in [0.717, 1.165) is 5.70 Å². The molecule has 0 saturated heterocycles. The predicted octanol–water partition coefficient (Wildman–Crippen LogP) is 0.712. The Bertz CT molecular complexity index is 430. The first kappa shape index (κ1) is 6.90. The van der Waals surface area contributed by atoms with Gasteiger partial charge in [-0.2, -0.15) is 4.68 Å². The quantitative estimate of drug-likeness (QED) is 0.618. The van der Waals surface area contributed by atoms with E-state index in [1.165, 1.54) is 6.33 Å². The Kier molecular flexibility index (Phi) is 1.36. The molecule has 0 N–H and O–H groups in total. The van der Waals surface area contributed by atoms with E-state index in [1.807, 2.05) is 6.92 Å². The molecule has 5 heteroatoms. The van der Waals surface area contributed by atoms with Gasteiger partial charge in [0.05, 0.1) is 6.20 Å². The molecule has 0 atom stereocenters. The highest BCUT2D eigenvalue weighted by Crippen LogP contribution is 2.08. The summed E-state index contributed by atoms with van der Waals surface area (Å²) < 4.78 is 1.58. The molecule has 0 radical (unpaired) electrons. The number of allylic oxidation sites excluding steroid dienone is 1. The summed E-state index contributed by atoms with van der Waals surface area (Å²) in [7, 11) is 0. The Morgan fingerprint density at radius 3 is 3.17 bits per heavy atom. The fraction of sp³-hybridized carbons (Fsp3) is 0.143. The first-order chi connectivity index (χ1) is 5.79. The number of nitrogens with zero attached hydrogens (tertiary/aromatic N) is 5. The van der Waals surface area contributed by atoms with Crippen LogP contribution in [0.1, 0.15) is 6.92 Å². The van der Waals surface area contributed by atoms with Crippen molar-refractivity contribution < 1.29 is 0 Å². The standard InChI is InChI=1S/C7H7N5/c1-5(2)12-7-6(10-11-12)3-8-4-9-7/h3-4H,1H2,2H3. The van der Waals surface area contributed by atoms with Gasteiger partial charge in [-0.05, 0) is 6.92 Å². The zero-order valence-corrected chi connectivity index (χ0v) is 6.60. The lowest BCUT2D eigenvalue weighted by Gasteiger charge is -1.95. The summed E-state index contributed by atoms with van der Waals surface area (Å²) in [6.45, 7) is 5.59. The van der Waals surface area contributed by atoms with Crippen molar-refractivity contribution in [2.45, 2.75) is 6.92 Å².